The zero-order valence-corrected chi connectivity index (χ0v) is 10.9. The molecule has 19 heavy (non-hydrogen) atoms. The molecule has 0 radical (unpaired) electrons. The Labute approximate surface area is 115 Å². The van der Waals surface area contributed by atoms with Crippen molar-refractivity contribution >= 4 is 11.6 Å². The van der Waals surface area contributed by atoms with Gasteiger partial charge in [-0.1, -0.05) is 17.7 Å². The first-order valence-electron chi connectivity index (χ1n) is 5.75. The zero-order chi connectivity index (χ0) is 13.7. The van der Waals surface area contributed by atoms with Crippen molar-refractivity contribution in [2.24, 2.45) is 5.73 Å². The van der Waals surface area contributed by atoms with E-state index in [1.54, 1.807) is 30.3 Å². The van der Waals surface area contributed by atoms with E-state index in [0.29, 0.717) is 35.4 Å². The van der Waals surface area contributed by atoms with Crippen LogP contribution in [0.3, 0.4) is 0 Å². The molecular weight excluding hydrogens is 269 g/mol. The normalized spacial score (nSPS) is 10.3. The molecule has 0 aromatic heterocycles. The maximum Gasteiger partial charge on any atom is 0.138 e. The molecule has 0 aliphatic heterocycles. The average Bonchev–Trinajstić information content (AvgIpc) is 2.38. The first-order chi connectivity index (χ1) is 9.19. The molecule has 3 nitrogen and oxygen atoms in total. The Balaban J connectivity index is 2.11. The van der Waals surface area contributed by atoms with Crippen molar-refractivity contribution in [1.29, 1.82) is 0 Å². The molecule has 2 aromatic carbocycles. The van der Waals surface area contributed by atoms with E-state index in [2.05, 4.69) is 0 Å². The molecule has 2 rings (SSSR count). The summed E-state index contributed by atoms with van der Waals surface area (Å²) in [5.41, 5.74) is 5.34. The number of rotatable bonds is 5. The second-order valence-electron chi connectivity index (χ2n) is 3.79. The Morgan fingerprint density at radius 1 is 1.11 bits per heavy atom. The second kappa shape index (κ2) is 6.41. The van der Waals surface area contributed by atoms with E-state index < -0.39 is 0 Å². The molecule has 0 unspecified atom stereocenters. The molecule has 0 spiro atoms. The van der Waals surface area contributed by atoms with Crippen LogP contribution >= 0.6 is 11.6 Å². The molecule has 0 saturated carbocycles. The van der Waals surface area contributed by atoms with Crippen molar-refractivity contribution in [2.45, 2.75) is 0 Å². The van der Waals surface area contributed by atoms with Crippen LogP contribution in [0.15, 0.2) is 42.5 Å². The van der Waals surface area contributed by atoms with Crippen molar-refractivity contribution < 1.29 is 13.9 Å². The summed E-state index contributed by atoms with van der Waals surface area (Å²) in [6.07, 6.45) is 0. The number of halogens is 2. The predicted octanol–water partition coefficient (Wildman–Crippen LogP) is 3.61. The van der Waals surface area contributed by atoms with Crippen LogP contribution in [-0.2, 0) is 0 Å². The summed E-state index contributed by atoms with van der Waals surface area (Å²) in [6, 6.07) is 10.9. The lowest BCUT2D eigenvalue weighted by Crippen LogP contribution is -2.10. The fraction of sp³-hybridized carbons (Fsp3) is 0.143. The third-order valence-corrected chi connectivity index (χ3v) is 2.61. The molecule has 0 aliphatic carbocycles. The van der Waals surface area contributed by atoms with Gasteiger partial charge < -0.3 is 15.2 Å². The number of benzene rings is 2. The Kier molecular flexibility index (Phi) is 4.60. The van der Waals surface area contributed by atoms with Gasteiger partial charge in [0.15, 0.2) is 0 Å². The number of hydrogen-bond donors (Lipinski definition) is 1. The summed E-state index contributed by atoms with van der Waals surface area (Å²) >= 11 is 6.04. The molecule has 0 atom stereocenters. The topological polar surface area (TPSA) is 44.5 Å². The second-order valence-corrected chi connectivity index (χ2v) is 4.20. The lowest BCUT2D eigenvalue weighted by atomic mass is 10.3. The van der Waals surface area contributed by atoms with Gasteiger partial charge in [0.1, 0.15) is 29.7 Å². The number of hydrogen-bond acceptors (Lipinski definition) is 3. The SMILES string of the molecule is NCCOc1ccc(Oc2cccc(F)c2)cc1Cl. The van der Waals surface area contributed by atoms with Gasteiger partial charge in [-0.25, -0.2) is 4.39 Å². The van der Waals surface area contributed by atoms with Gasteiger partial charge >= 0.3 is 0 Å². The van der Waals surface area contributed by atoms with E-state index in [0.717, 1.165) is 0 Å². The van der Waals surface area contributed by atoms with E-state index in [1.807, 2.05) is 0 Å². The number of nitrogens with two attached hydrogens (primary N) is 1. The average molecular weight is 282 g/mol. The van der Waals surface area contributed by atoms with E-state index in [4.69, 9.17) is 26.8 Å². The van der Waals surface area contributed by atoms with Crippen LogP contribution in [0, 0.1) is 5.82 Å². The highest BCUT2D eigenvalue weighted by Gasteiger charge is 2.05. The minimum atomic E-state index is -0.355. The molecule has 0 amide bonds. The molecule has 0 saturated heterocycles. The molecule has 0 aliphatic rings. The van der Waals surface area contributed by atoms with Gasteiger partial charge in [0.25, 0.3) is 0 Å². The Hall–Kier alpha value is -1.78. The molecule has 2 aromatic rings. The maximum absolute atomic E-state index is 13.0. The third kappa shape index (κ3) is 3.84. The quantitative estimate of drug-likeness (QED) is 0.910. The summed E-state index contributed by atoms with van der Waals surface area (Å²) < 4.78 is 23.8. The first-order valence-corrected chi connectivity index (χ1v) is 6.12. The van der Waals surface area contributed by atoms with Gasteiger partial charge in [0.05, 0.1) is 5.02 Å². The highest BCUT2D eigenvalue weighted by Crippen LogP contribution is 2.31. The third-order valence-electron chi connectivity index (χ3n) is 2.31. The van der Waals surface area contributed by atoms with Gasteiger partial charge in [-0.05, 0) is 24.3 Å². The van der Waals surface area contributed by atoms with E-state index in [-0.39, 0.29) is 5.82 Å². The molecule has 5 heteroatoms. The van der Waals surface area contributed by atoms with Crippen LogP contribution in [0.2, 0.25) is 5.02 Å². The van der Waals surface area contributed by atoms with E-state index in [9.17, 15) is 4.39 Å². The lowest BCUT2D eigenvalue weighted by molar-refractivity contribution is 0.328. The van der Waals surface area contributed by atoms with E-state index >= 15 is 0 Å². The molecule has 0 bridgehead atoms. The van der Waals surface area contributed by atoms with Crippen LogP contribution in [0.4, 0.5) is 4.39 Å². The molecule has 0 fully saturated rings. The van der Waals surface area contributed by atoms with Gasteiger partial charge in [-0.2, -0.15) is 0 Å². The molecule has 100 valence electrons. The Morgan fingerprint density at radius 3 is 2.58 bits per heavy atom. The minimum absolute atomic E-state index is 0.355. The molecule has 2 N–H and O–H groups in total. The van der Waals surface area contributed by atoms with Gasteiger partial charge in [-0.3, -0.25) is 0 Å². The Bertz CT molecular complexity index is 563. The zero-order valence-electron chi connectivity index (χ0n) is 10.1. The minimum Gasteiger partial charge on any atom is -0.491 e. The van der Waals surface area contributed by atoms with Gasteiger partial charge in [-0.15, -0.1) is 0 Å². The summed E-state index contributed by atoms with van der Waals surface area (Å²) in [7, 11) is 0. The lowest BCUT2D eigenvalue weighted by Gasteiger charge is -2.09. The van der Waals surface area contributed by atoms with Crippen LogP contribution in [0.25, 0.3) is 0 Å². The van der Waals surface area contributed by atoms with Crippen molar-refractivity contribution in [2.75, 3.05) is 13.2 Å². The van der Waals surface area contributed by atoms with Crippen molar-refractivity contribution in [3.63, 3.8) is 0 Å². The van der Waals surface area contributed by atoms with Crippen molar-refractivity contribution in [3.05, 3.63) is 53.3 Å². The van der Waals surface area contributed by atoms with E-state index in [1.165, 1.54) is 12.1 Å². The smallest absolute Gasteiger partial charge is 0.138 e. The highest BCUT2D eigenvalue weighted by molar-refractivity contribution is 6.32. The van der Waals surface area contributed by atoms with Crippen LogP contribution in [0.5, 0.6) is 17.2 Å². The van der Waals surface area contributed by atoms with Gasteiger partial charge in [0, 0.05) is 18.7 Å². The standard InChI is InChI=1S/C14H13ClFNO2/c15-13-9-12(4-5-14(13)18-7-6-17)19-11-3-1-2-10(16)8-11/h1-5,8-9H,6-7,17H2. The fourth-order valence-corrected chi connectivity index (χ4v) is 1.72. The maximum atomic E-state index is 13.0. The molecular formula is C14H13ClFNO2. The summed E-state index contributed by atoms with van der Waals surface area (Å²) in [5.74, 6) is 1.10. The predicted molar refractivity (Wildman–Crippen MR) is 72.5 cm³/mol. The molecule has 0 heterocycles. The first kappa shape index (κ1) is 13.6. The van der Waals surface area contributed by atoms with Crippen LogP contribution in [-0.4, -0.2) is 13.2 Å². The summed E-state index contributed by atoms with van der Waals surface area (Å²) in [4.78, 5) is 0. The summed E-state index contributed by atoms with van der Waals surface area (Å²) in [5, 5.41) is 0.419. The van der Waals surface area contributed by atoms with Gasteiger partial charge in [0.2, 0.25) is 0 Å². The monoisotopic (exact) mass is 281 g/mol. The highest BCUT2D eigenvalue weighted by atomic mass is 35.5. The van der Waals surface area contributed by atoms with Crippen molar-refractivity contribution in [1.82, 2.24) is 0 Å². The number of ether oxygens (including phenoxy) is 2. The Morgan fingerprint density at radius 2 is 1.89 bits per heavy atom. The van der Waals surface area contributed by atoms with Crippen LogP contribution in [0.1, 0.15) is 0 Å². The summed E-state index contributed by atoms with van der Waals surface area (Å²) in [6.45, 7) is 0.807. The van der Waals surface area contributed by atoms with Crippen LogP contribution < -0.4 is 15.2 Å². The van der Waals surface area contributed by atoms with Crippen molar-refractivity contribution in [3.8, 4) is 17.2 Å². The largest absolute Gasteiger partial charge is 0.491 e. The fourth-order valence-electron chi connectivity index (χ4n) is 1.50.